The maximum Gasteiger partial charge on any atom is 0.312 e. The summed E-state index contributed by atoms with van der Waals surface area (Å²) in [5, 5.41) is 3.28. The molecule has 1 fully saturated rings. The Labute approximate surface area is 92.6 Å². The number of hydrogen-bond donors (Lipinski definition) is 1. The maximum atomic E-state index is 12.1. The second-order valence-electron chi connectivity index (χ2n) is 5.39. The van der Waals surface area contributed by atoms with Crippen molar-refractivity contribution in [3.05, 3.63) is 0 Å². The molecule has 3 nitrogen and oxygen atoms in total. The van der Waals surface area contributed by atoms with Crippen LogP contribution in [0.1, 0.15) is 47.0 Å². The van der Waals surface area contributed by atoms with Gasteiger partial charge in [0.2, 0.25) is 0 Å². The molecule has 1 aliphatic rings. The summed E-state index contributed by atoms with van der Waals surface area (Å²) in [5.74, 6) is -0.0148. The minimum Gasteiger partial charge on any atom is -0.460 e. The van der Waals surface area contributed by atoms with Gasteiger partial charge in [-0.1, -0.05) is 6.92 Å². The van der Waals surface area contributed by atoms with Crippen molar-refractivity contribution in [1.29, 1.82) is 0 Å². The molecule has 0 amide bonds. The maximum absolute atomic E-state index is 12.1. The Kier molecular flexibility index (Phi) is 3.77. The molecule has 1 aliphatic heterocycles. The van der Waals surface area contributed by atoms with E-state index in [1.165, 1.54) is 0 Å². The first kappa shape index (κ1) is 12.5. The molecule has 1 heterocycles. The van der Waals surface area contributed by atoms with E-state index >= 15 is 0 Å². The monoisotopic (exact) mass is 213 g/mol. The normalized spacial score (nSPS) is 21.1. The zero-order valence-corrected chi connectivity index (χ0v) is 10.4. The fraction of sp³-hybridized carbons (Fsp3) is 0.917. The van der Waals surface area contributed by atoms with Gasteiger partial charge >= 0.3 is 5.97 Å². The van der Waals surface area contributed by atoms with E-state index in [2.05, 4.69) is 12.2 Å². The lowest BCUT2D eigenvalue weighted by atomic mass is 9.76. The van der Waals surface area contributed by atoms with Crippen LogP contribution in [0, 0.1) is 5.41 Å². The SMILES string of the molecule is CCC1(C(=O)OC(C)(C)C)CCNCC1. The molecule has 88 valence electrons. The first-order valence-corrected chi connectivity index (χ1v) is 5.84. The Morgan fingerprint density at radius 2 is 1.87 bits per heavy atom. The van der Waals surface area contributed by atoms with E-state index in [0.717, 1.165) is 32.4 Å². The van der Waals surface area contributed by atoms with Gasteiger partial charge in [-0.3, -0.25) is 4.79 Å². The molecular formula is C12H23NO2. The van der Waals surface area contributed by atoms with Crippen LogP contribution in [0.2, 0.25) is 0 Å². The third-order valence-electron chi connectivity index (χ3n) is 3.07. The van der Waals surface area contributed by atoms with Crippen molar-refractivity contribution in [1.82, 2.24) is 5.32 Å². The highest BCUT2D eigenvalue weighted by atomic mass is 16.6. The van der Waals surface area contributed by atoms with Gasteiger partial charge in [0.1, 0.15) is 5.60 Å². The van der Waals surface area contributed by atoms with E-state index in [1.807, 2.05) is 20.8 Å². The van der Waals surface area contributed by atoms with Crippen LogP contribution < -0.4 is 5.32 Å². The molecule has 0 aliphatic carbocycles. The van der Waals surface area contributed by atoms with Crippen LogP contribution >= 0.6 is 0 Å². The van der Waals surface area contributed by atoms with Gasteiger partial charge in [-0.05, 0) is 53.1 Å². The van der Waals surface area contributed by atoms with Gasteiger partial charge in [0, 0.05) is 0 Å². The first-order valence-electron chi connectivity index (χ1n) is 5.84. The number of nitrogens with one attached hydrogen (secondary N) is 1. The highest BCUT2D eigenvalue weighted by molar-refractivity contribution is 5.77. The lowest BCUT2D eigenvalue weighted by Crippen LogP contribution is -2.44. The number of ether oxygens (including phenoxy) is 1. The van der Waals surface area contributed by atoms with Crippen LogP contribution in [0.25, 0.3) is 0 Å². The van der Waals surface area contributed by atoms with Gasteiger partial charge in [-0.15, -0.1) is 0 Å². The predicted octanol–water partition coefficient (Wildman–Crippen LogP) is 2.11. The van der Waals surface area contributed by atoms with Crippen molar-refractivity contribution < 1.29 is 9.53 Å². The number of hydrogen-bond acceptors (Lipinski definition) is 3. The van der Waals surface area contributed by atoms with E-state index in [1.54, 1.807) is 0 Å². The van der Waals surface area contributed by atoms with Gasteiger partial charge in [-0.25, -0.2) is 0 Å². The largest absolute Gasteiger partial charge is 0.460 e. The Hall–Kier alpha value is -0.570. The molecule has 0 spiro atoms. The van der Waals surface area contributed by atoms with E-state index in [4.69, 9.17) is 4.74 Å². The van der Waals surface area contributed by atoms with Crippen LogP contribution in [0.15, 0.2) is 0 Å². The van der Waals surface area contributed by atoms with Crippen LogP contribution in [0.3, 0.4) is 0 Å². The lowest BCUT2D eigenvalue weighted by Gasteiger charge is -2.36. The first-order chi connectivity index (χ1) is 6.90. The number of carbonyl (C=O) groups is 1. The fourth-order valence-electron chi connectivity index (χ4n) is 1.99. The Morgan fingerprint density at radius 3 is 2.27 bits per heavy atom. The predicted molar refractivity (Wildman–Crippen MR) is 60.7 cm³/mol. The molecule has 0 unspecified atom stereocenters. The summed E-state index contributed by atoms with van der Waals surface area (Å²) in [7, 11) is 0. The summed E-state index contributed by atoms with van der Waals surface area (Å²) < 4.78 is 5.50. The molecular weight excluding hydrogens is 190 g/mol. The number of rotatable bonds is 2. The molecule has 15 heavy (non-hydrogen) atoms. The van der Waals surface area contributed by atoms with Crippen molar-refractivity contribution in [2.24, 2.45) is 5.41 Å². The molecule has 0 atom stereocenters. The number of esters is 1. The standard InChI is InChI=1S/C12H23NO2/c1-5-12(6-8-13-9-7-12)10(14)15-11(2,3)4/h13H,5-9H2,1-4H3. The molecule has 1 N–H and O–H groups in total. The molecule has 0 aromatic rings. The zero-order valence-electron chi connectivity index (χ0n) is 10.4. The van der Waals surface area contributed by atoms with Gasteiger partial charge in [0.25, 0.3) is 0 Å². The van der Waals surface area contributed by atoms with Crippen molar-refractivity contribution in [3.63, 3.8) is 0 Å². The van der Waals surface area contributed by atoms with Gasteiger partial charge < -0.3 is 10.1 Å². The Balaban J connectivity index is 2.68. The summed E-state index contributed by atoms with van der Waals surface area (Å²) in [6.45, 7) is 9.70. The number of piperidine rings is 1. The van der Waals surface area contributed by atoms with Crippen molar-refractivity contribution >= 4 is 5.97 Å². The quantitative estimate of drug-likeness (QED) is 0.714. The van der Waals surface area contributed by atoms with Crippen LogP contribution in [0.5, 0.6) is 0 Å². The second-order valence-corrected chi connectivity index (χ2v) is 5.39. The molecule has 0 aromatic heterocycles. The Morgan fingerprint density at radius 1 is 1.33 bits per heavy atom. The molecule has 0 radical (unpaired) electrons. The van der Waals surface area contributed by atoms with Gasteiger partial charge in [0.15, 0.2) is 0 Å². The molecule has 3 heteroatoms. The summed E-state index contributed by atoms with van der Waals surface area (Å²) >= 11 is 0. The zero-order chi connectivity index (χ0) is 11.5. The van der Waals surface area contributed by atoms with Crippen molar-refractivity contribution in [2.75, 3.05) is 13.1 Å². The summed E-state index contributed by atoms with van der Waals surface area (Å²) in [4.78, 5) is 12.1. The minimum absolute atomic E-state index is 0.0148. The highest BCUT2D eigenvalue weighted by Crippen LogP contribution is 2.35. The highest BCUT2D eigenvalue weighted by Gasteiger charge is 2.40. The van der Waals surface area contributed by atoms with Crippen molar-refractivity contribution in [3.8, 4) is 0 Å². The summed E-state index contributed by atoms with van der Waals surface area (Å²) in [5.41, 5.74) is -0.608. The van der Waals surface area contributed by atoms with Crippen LogP contribution in [-0.4, -0.2) is 24.7 Å². The smallest absolute Gasteiger partial charge is 0.312 e. The van der Waals surface area contributed by atoms with E-state index in [0.29, 0.717) is 0 Å². The van der Waals surface area contributed by atoms with Gasteiger partial charge in [-0.2, -0.15) is 0 Å². The summed E-state index contributed by atoms with van der Waals surface area (Å²) in [6.07, 6.45) is 2.68. The third-order valence-corrected chi connectivity index (χ3v) is 3.07. The van der Waals surface area contributed by atoms with E-state index < -0.39 is 0 Å². The Bertz CT molecular complexity index is 224. The van der Waals surface area contributed by atoms with Crippen molar-refractivity contribution in [2.45, 2.75) is 52.6 Å². The average molecular weight is 213 g/mol. The average Bonchev–Trinajstić information content (AvgIpc) is 2.16. The molecule has 0 saturated carbocycles. The minimum atomic E-state index is -0.371. The fourth-order valence-corrected chi connectivity index (χ4v) is 1.99. The number of carbonyl (C=O) groups excluding carboxylic acids is 1. The topological polar surface area (TPSA) is 38.3 Å². The summed E-state index contributed by atoms with van der Waals surface area (Å²) in [6, 6.07) is 0. The van der Waals surface area contributed by atoms with Crippen LogP contribution in [0.4, 0.5) is 0 Å². The van der Waals surface area contributed by atoms with Crippen LogP contribution in [-0.2, 0) is 9.53 Å². The third kappa shape index (κ3) is 3.20. The molecule has 1 rings (SSSR count). The van der Waals surface area contributed by atoms with E-state index in [9.17, 15) is 4.79 Å². The van der Waals surface area contributed by atoms with Gasteiger partial charge in [0.05, 0.1) is 5.41 Å². The molecule has 0 bridgehead atoms. The molecule has 1 saturated heterocycles. The second kappa shape index (κ2) is 4.52. The van der Waals surface area contributed by atoms with E-state index in [-0.39, 0.29) is 17.0 Å². The lowest BCUT2D eigenvalue weighted by molar-refractivity contribution is -0.169. The molecule has 0 aromatic carbocycles.